The Bertz CT molecular complexity index is 166. The van der Waals surface area contributed by atoms with Crippen molar-refractivity contribution in [3.8, 4) is 0 Å². The van der Waals surface area contributed by atoms with Gasteiger partial charge in [-0.1, -0.05) is 32.1 Å². The van der Waals surface area contributed by atoms with E-state index in [4.69, 9.17) is 0 Å². The molecule has 0 aromatic heterocycles. The molecule has 0 radical (unpaired) electrons. The van der Waals surface area contributed by atoms with Crippen LogP contribution < -0.4 is 5.32 Å². The van der Waals surface area contributed by atoms with Gasteiger partial charge in [-0.3, -0.25) is 0 Å². The highest BCUT2D eigenvalue weighted by atomic mass is 14.9. The normalized spacial score (nSPS) is 16.0. The monoisotopic (exact) mass is 167 g/mol. The zero-order valence-electron chi connectivity index (χ0n) is 8.89. The Morgan fingerprint density at radius 2 is 1.75 bits per heavy atom. The molecule has 0 rings (SSSR count). The predicted octanol–water partition coefficient (Wildman–Crippen LogP) is 2.90. The number of nitrogens with one attached hydrogen (secondary N) is 1. The van der Waals surface area contributed by atoms with Gasteiger partial charge in [-0.2, -0.15) is 0 Å². The molecule has 0 spiro atoms. The fourth-order valence-electron chi connectivity index (χ4n) is 1.28. The summed E-state index contributed by atoms with van der Waals surface area (Å²) in [4.78, 5) is 0. The molecule has 1 unspecified atom stereocenters. The van der Waals surface area contributed by atoms with E-state index >= 15 is 0 Å². The predicted molar refractivity (Wildman–Crippen MR) is 56.3 cm³/mol. The lowest BCUT2D eigenvalue weighted by Crippen LogP contribution is -2.33. The van der Waals surface area contributed by atoms with Crippen LogP contribution in [0.25, 0.3) is 0 Å². The zero-order valence-corrected chi connectivity index (χ0v) is 8.89. The van der Waals surface area contributed by atoms with E-state index in [0.29, 0.717) is 12.1 Å². The van der Waals surface area contributed by atoms with Crippen LogP contribution >= 0.6 is 0 Å². The lowest BCUT2D eigenvalue weighted by Gasteiger charge is -2.17. The maximum Gasteiger partial charge on any atom is 0.0290 e. The number of hydrogen-bond donors (Lipinski definition) is 1. The smallest absolute Gasteiger partial charge is 0.0290 e. The van der Waals surface area contributed by atoms with E-state index in [-0.39, 0.29) is 0 Å². The number of hydrogen-bond acceptors (Lipinski definition) is 1. The molecule has 0 fully saturated rings. The van der Waals surface area contributed by atoms with Crippen molar-refractivity contribution in [3.05, 3.63) is 23.8 Å². The van der Waals surface area contributed by atoms with E-state index < -0.39 is 0 Å². The quantitative estimate of drug-likeness (QED) is 0.635. The minimum atomic E-state index is 0.450. The molecular weight excluding hydrogens is 146 g/mol. The molecule has 0 aliphatic heterocycles. The second-order valence-corrected chi connectivity index (χ2v) is 3.33. The van der Waals surface area contributed by atoms with Gasteiger partial charge in [0, 0.05) is 12.1 Å². The summed E-state index contributed by atoms with van der Waals surface area (Å²) >= 11 is 0. The molecule has 0 heterocycles. The van der Waals surface area contributed by atoms with Gasteiger partial charge in [-0.15, -0.1) is 0 Å². The summed E-state index contributed by atoms with van der Waals surface area (Å²) in [6, 6.07) is 0.992. The van der Waals surface area contributed by atoms with Crippen LogP contribution in [0.3, 0.4) is 0 Å². The standard InChI is InChI=1S/C11H21N/c1-6-8-11(7-2)10(5)12-9(3)4/h6-10,12H,1-5H3. The number of rotatable bonds is 4. The van der Waals surface area contributed by atoms with Gasteiger partial charge in [0.2, 0.25) is 0 Å². The molecular formula is C11H21N. The summed E-state index contributed by atoms with van der Waals surface area (Å²) in [6.07, 6.45) is 6.38. The van der Waals surface area contributed by atoms with Crippen molar-refractivity contribution in [2.75, 3.05) is 0 Å². The van der Waals surface area contributed by atoms with Crippen molar-refractivity contribution in [3.63, 3.8) is 0 Å². The van der Waals surface area contributed by atoms with E-state index in [2.05, 4.69) is 51.2 Å². The molecule has 0 aliphatic carbocycles. The van der Waals surface area contributed by atoms with E-state index in [0.717, 1.165) is 0 Å². The molecule has 1 nitrogen and oxygen atoms in total. The van der Waals surface area contributed by atoms with Crippen LogP contribution in [-0.2, 0) is 0 Å². The Labute approximate surface area is 76.6 Å². The van der Waals surface area contributed by atoms with Crippen molar-refractivity contribution >= 4 is 0 Å². The highest BCUT2D eigenvalue weighted by Crippen LogP contribution is 2.04. The van der Waals surface area contributed by atoms with Gasteiger partial charge in [0.05, 0.1) is 0 Å². The van der Waals surface area contributed by atoms with E-state index in [1.54, 1.807) is 0 Å². The molecule has 70 valence electrons. The molecule has 0 saturated carbocycles. The van der Waals surface area contributed by atoms with Crippen molar-refractivity contribution in [1.29, 1.82) is 0 Å². The van der Waals surface area contributed by atoms with Crippen LogP contribution in [0.4, 0.5) is 0 Å². The third-order valence-corrected chi connectivity index (χ3v) is 1.78. The minimum Gasteiger partial charge on any atom is -0.308 e. The second kappa shape index (κ2) is 6.01. The first-order valence-corrected chi connectivity index (χ1v) is 4.66. The second-order valence-electron chi connectivity index (χ2n) is 3.33. The van der Waals surface area contributed by atoms with E-state index in [1.165, 1.54) is 5.57 Å². The third kappa shape index (κ3) is 4.35. The molecule has 1 N–H and O–H groups in total. The summed E-state index contributed by atoms with van der Waals surface area (Å²) in [6.45, 7) is 10.6. The molecule has 0 amide bonds. The first-order valence-electron chi connectivity index (χ1n) is 4.66. The first kappa shape index (κ1) is 11.4. The van der Waals surface area contributed by atoms with Crippen LogP contribution in [0.1, 0.15) is 34.6 Å². The lowest BCUT2D eigenvalue weighted by molar-refractivity contribution is 0.538. The minimum absolute atomic E-state index is 0.450. The van der Waals surface area contributed by atoms with Crippen LogP contribution in [0.5, 0.6) is 0 Å². The van der Waals surface area contributed by atoms with Crippen molar-refractivity contribution in [1.82, 2.24) is 5.32 Å². The summed E-state index contributed by atoms with van der Waals surface area (Å²) in [5.74, 6) is 0. The highest BCUT2D eigenvalue weighted by Gasteiger charge is 2.04. The molecule has 12 heavy (non-hydrogen) atoms. The van der Waals surface area contributed by atoms with Crippen molar-refractivity contribution < 1.29 is 0 Å². The van der Waals surface area contributed by atoms with E-state index in [1.807, 2.05) is 6.92 Å². The Morgan fingerprint density at radius 1 is 1.17 bits per heavy atom. The van der Waals surface area contributed by atoms with Gasteiger partial charge in [0.25, 0.3) is 0 Å². The maximum absolute atomic E-state index is 3.46. The lowest BCUT2D eigenvalue weighted by atomic mass is 10.1. The first-order chi connectivity index (χ1) is 5.61. The van der Waals surface area contributed by atoms with Crippen LogP contribution in [0.15, 0.2) is 23.8 Å². The fourth-order valence-corrected chi connectivity index (χ4v) is 1.28. The summed E-state index contributed by atoms with van der Waals surface area (Å²) in [5, 5.41) is 3.46. The summed E-state index contributed by atoms with van der Waals surface area (Å²) in [7, 11) is 0. The van der Waals surface area contributed by atoms with Gasteiger partial charge in [0.15, 0.2) is 0 Å². The number of allylic oxidation sites excluding steroid dienone is 2. The molecule has 0 saturated heterocycles. The highest BCUT2D eigenvalue weighted by molar-refractivity contribution is 5.22. The Kier molecular flexibility index (Phi) is 5.73. The third-order valence-electron chi connectivity index (χ3n) is 1.78. The van der Waals surface area contributed by atoms with Crippen LogP contribution in [0.2, 0.25) is 0 Å². The molecule has 1 heteroatoms. The average molecular weight is 167 g/mol. The maximum atomic E-state index is 3.46. The molecule has 1 atom stereocenters. The van der Waals surface area contributed by atoms with Gasteiger partial charge in [-0.25, -0.2) is 0 Å². The summed E-state index contributed by atoms with van der Waals surface area (Å²) < 4.78 is 0. The van der Waals surface area contributed by atoms with Gasteiger partial charge in [-0.05, 0) is 26.3 Å². The molecule has 0 aromatic carbocycles. The van der Waals surface area contributed by atoms with Crippen LogP contribution in [0, 0.1) is 0 Å². The Balaban J connectivity index is 4.13. The Hall–Kier alpha value is -0.560. The summed E-state index contributed by atoms with van der Waals surface area (Å²) in [5.41, 5.74) is 1.35. The molecule has 0 bridgehead atoms. The van der Waals surface area contributed by atoms with Crippen LogP contribution in [-0.4, -0.2) is 12.1 Å². The molecule has 0 aliphatic rings. The topological polar surface area (TPSA) is 12.0 Å². The van der Waals surface area contributed by atoms with Crippen molar-refractivity contribution in [2.24, 2.45) is 0 Å². The molecule has 0 aromatic rings. The largest absolute Gasteiger partial charge is 0.308 e. The zero-order chi connectivity index (χ0) is 9.56. The van der Waals surface area contributed by atoms with Crippen molar-refractivity contribution in [2.45, 2.75) is 46.7 Å². The van der Waals surface area contributed by atoms with Gasteiger partial charge >= 0.3 is 0 Å². The van der Waals surface area contributed by atoms with E-state index in [9.17, 15) is 0 Å². The van der Waals surface area contributed by atoms with Gasteiger partial charge in [0.1, 0.15) is 0 Å². The average Bonchev–Trinajstić information content (AvgIpc) is 1.98. The Morgan fingerprint density at radius 3 is 2.08 bits per heavy atom. The van der Waals surface area contributed by atoms with Gasteiger partial charge < -0.3 is 5.32 Å². The fraction of sp³-hybridized carbons (Fsp3) is 0.636. The SMILES string of the molecule is CC=CC(=CC)C(C)NC(C)C.